The molecular weight excluding hydrogens is 276 g/mol. The molecule has 1 aromatic rings. The Hall–Kier alpha value is -0.970. The van der Waals surface area contributed by atoms with Crippen molar-refractivity contribution in [2.75, 3.05) is 26.4 Å². The molecule has 1 aliphatic heterocycles. The van der Waals surface area contributed by atoms with Gasteiger partial charge in [0.25, 0.3) is 0 Å². The largest absolute Gasteiger partial charge is 0.454 e. The summed E-state index contributed by atoms with van der Waals surface area (Å²) in [6, 6.07) is 4.36. The van der Waals surface area contributed by atoms with Crippen LogP contribution in [0.25, 0.3) is 0 Å². The van der Waals surface area contributed by atoms with Crippen LogP contribution in [0.2, 0.25) is 5.02 Å². The third-order valence-corrected chi connectivity index (χ3v) is 3.85. The molecule has 1 aliphatic rings. The third-order valence-electron chi connectivity index (χ3n) is 3.57. The van der Waals surface area contributed by atoms with Crippen molar-refractivity contribution in [3.8, 4) is 11.5 Å². The highest BCUT2D eigenvalue weighted by molar-refractivity contribution is 6.32. The first-order chi connectivity index (χ1) is 9.63. The number of nitrogens with one attached hydrogen (secondary N) is 1. The zero-order valence-electron chi connectivity index (χ0n) is 12.4. The number of hydrogen-bond donors (Lipinski definition) is 1. The average molecular weight is 299 g/mol. The van der Waals surface area contributed by atoms with Gasteiger partial charge in [-0.1, -0.05) is 25.4 Å². The fourth-order valence-electron chi connectivity index (χ4n) is 2.35. The topological polar surface area (TPSA) is 33.7 Å². The number of fused-ring (bicyclic) bond motifs is 1. The van der Waals surface area contributed by atoms with Crippen LogP contribution < -0.4 is 14.8 Å². The van der Waals surface area contributed by atoms with E-state index >= 15 is 0 Å². The molecule has 112 valence electrons. The van der Waals surface area contributed by atoms with Gasteiger partial charge >= 0.3 is 0 Å². The van der Waals surface area contributed by atoms with E-state index in [9.17, 15) is 0 Å². The number of hydrogen-bond acceptors (Lipinski definition) is 4. The van der Waals surface area contributed by atoms with E-state index in [1.165, 1.54) is 0 Å². The third kappa shape index (κ3) is 3.78. The van der Waals surface area contributed by atoms with Crippen LogP contribution in [0.5, 0.6) is 11.5 Å². The van der Waals surface area contributed by atoms with Gasteiger partial charge < -0.3 is 19.7 Å². The minimum Gasteiger partial charge on any atom is -0.454 e. The Bertz CT molecular complexity index is 450. The minimum absolute atomic E-state index is 0.254. The molecule has 0 saturated carbocycles. The summed E-state index contributed by atoms with van der Waals surface area (Å²) in [7, 11) is 0. The molecular formula is C15H23ClN2O2. The van der Waals surface area contributed by atoms with E-state index in [0.717, 1.165) is 37.5 Å². The summed E-state index contributed by atoms with van der Waals surface area (Å²) in [5.41, 5.74) is 1.12. The average Bonchev–Trinajstić information content (AvgIpc) is 2.91. The Morgan fingerprint density at radius 2 is 2.05 bits per heavy atom. The van der Waals surface area contributed by atoms with Gasteiger partial charge in [-0.25, -0.2) is 0 Å². The van der Waals surface area contributed by atoms with E-state index in [1.807, 2.05) is 12.1 Å². The van der Waals surface area contributed by atoms with Gasteiger partial charge in [0.05, 0.1) is 5.02 Å². The molecule has 0 amide bonds. The van der Waals surface area contributed by atoms with E-state index in [4.69, 9.17) is 21.1 Å². The Morgan fingerprint density at radius 3 is 2.75 bits per heavy atom. The fraction of sp³-hybridized carbons (Fsp3) is 0.600. The molecule has 1 unspecified atom stereocenters. The first kappa shape index (κ1) is 15.4. The Kier molecular flexibility index (Phi) is 5.52. The predicted molar refractivity (Wildman–Crippen MR) is 81.7 cm³/mol. The van der Waals surface area contributed by atoms with E-state index in [-0.39, 0.29) is 6.79 Å². The molecule has 1 aromatic carbocycles. The lowest BCUT2D eigenvalue weighted by Crippen LogP contribution is -2.38. The molecule has 0 bridgehead atoms. The molecule has 0 fully saturated rings. The molecule has 0 radical (unpaired) electrons. The second kappa shape index (κ2) is 7.16. The maximum atomic E-state index is 6.18. The number of nitrogens with zero attached hydrogens (tertiary/aromatic N) is 1. The molecule has 0 saturated heterocycles. The molecule has 1 N–H and O–H groups in total. The van der Waals surface area contributed by atoms with Crippen LogP contribution in [-0.2, 0) is 6.54 Å². The highest BCUT2D eigenvalue weighted by atomic mass is 35.5. The van der Waals surface area contributed by atoms with Gasteiger partial charge in [0, 0.05) is 19.1 Å². The van der Waals surface area contributed by atoms with Gasteiger partial charge in [-0.3, -0.25) is 0 Å². The Labute approximate surface area is 126 Å². The molecule has 0 aromatic heterocycles. The van der Waals surface area contributed by atoms with Crippen molar-refractivity contribution in [1.29, 1.82) is 0 Å². The van der Waals surface area contributed by atoms with Crippen molar-refractivity contribution in [1.82, 2.24) is 10.2 Å². The molecule has 2 rings (SSSR count). The Balaban J connectivity index is 1.89. The molecule has 0 spiro atoms. The zero-order chi connectivity index (χ0) is 14.5. The maximum absolute atomic E-state index is 6.18. The summed E-state index contributed by atoms with van der Waals surface area (Å²) in [4.78, 5) is 2.41. The van der Waals surface area contributed by atoms with E-state index in [1.54, 1.807) is 0 Å². The van der Waals surface area contributed by atoms with Crippen molar-refractivity contribution in [2.45, 2.75) is 33.4 Å². The van der Waals surface area contributed by atoms with Gasteiger partial charge in [-0.15, -0.1) is 0 Å². The summed E-state index contributed by atoms with van der Waals surface area (Å²) in [6.45, 7) is 10.8. The fourth-order valence-corrected chi connectivity index (χ4v) is 2.64. The van der Waals surface area contributed by atoms with Crippen molar-refractivity contribution >= 4 is 11.6 Å². The second-order valence-electron chi connectivity index (χ2n) is 5.08. The summed E-state index contributed by atoms with van der Waals surface area (Å²) in [6.07, 6.45) is 0. The van der Waals surface area contributed by atoms with Crippen LogP contribution in [0.15, 0.2) is 12.1 Å². The van der Waals surface area contributed by atoms with Crippen LogP contribution in [0.3, 0.4) is 0 Å². The minimum atomic E-state index is 0.254. The highest BCUT2D eigenvalue weighted by Crippen LogP contribution is 2.39. The quantitative estimate of drug-likeness (QED) is 0.839. The van der Waals surface area contributed by atoms with Crippen molar-refractivity contribution < 1.29 is 9.47 Å². The summed E-state index contributed by atoms with van der Waals surface area (Å²) in [5.74, 6) is 1.40. The number of likely N-dealkylation sites (N-methyl/N-ethyl adjacent to an activating group) is 1. The summed E-state index contributed by atoms with van der Waals surface area (Å²) in [5, 5.41) is 4.14. The number of rotatable bonds is 7. The van der Waals surface area contributed by atoms with Gasteiger partial charge in [0.2, 0.25) is 6.79 Å². The SMILES string of the molecule is CCN(CC)CC(C)NCc1cc(Cl)c2c(c1)OCO2. The lowest BCUT2D eigenvalue weighted by atomic mass is 10.2. The molecule has 1 heterocycles. The van der Waals surface area contributed by atoms with Crippen molar-refractivity contribution in [3.63, 3.8) is 0 Å². The standard InChI is InChI=1S/C15H23ClN2O2/c1-4-18(5-2)9-11(3)17-8-12-6-13(16)15-14(7-12)19-10-20-15/h6-7,11,17H,4-5,8-10H2,1-3H3. The smallest absolute Gasteiger partial charge is 0.231 e. The van der Waals surface area contributed by atoms with E-state index < -0.39 is 0 Å². The number of halogens is 1. The van der Waals surface area contributed by atoms with Crippen LogP contribution >= 0.6 is 11.6 Å². The van der Waals surface area contributed by atoms with E-state index in [0.29, 0.717) is 16.8 Å². The lowest BCUT2D eigenvalue weighted by molar-refractivity contribution is 0.174. The highest BCUT2D eigenvalue weighted by Gasteiger charge is 2.18. The molecule has 20 heavy (non-hydrogen) atoms. The van der Waals surface area contributed by atoms with E-state index in [2.05, 4.69) is 31.0 Å². The first-order valence-corrected chi connectivity index (χ1v) is 7.55. The van der Waals surface area contributed by atoms with Gasteiger partial charge in [-0.2, -0.15) is 0 Å². The normalized spacial score (nSPS) is 14.8. The Morgan fingerprint density at radius 1 is 1.30 bits per heavy atom. The summed E-state index contributed by atoms with van der Waals surface area (Å²) >= 11 is 6.18. The lowest BCUT2D eigenvalue weighted by Gasteiger charge is -2.23. The zero-order valence-corrected chi connectivity index (χ0v) is 13.2. The summed E-state index contributed by atoms with van der Waals surface area (Å²) < 4.78 is 10.7. The second-order valence-corrected chi connectivity index (χ2v) is 5.49. The van der Waals surface area contributed by atoms with Crippen LogP contribution in [0.4, 0.5) is 0 Å². The monoisotopic (exact) mass is 298 g/mol. The number of ether oxygens (including phenoxy) is 2. The van der Waals surface area contributed by atoms with Crippen molar-refractivity contribution in [3.05, 3.63) is 22.7 Å². The van der Waals surface area contributed by atoms with Crippen LogP contribution in [0, 0.1) is 0 Å². The van der Waals surface area contributed by atoms with Crippen LogP contribution in [0.1, 0.15) is 26.3 Å². The first-order valence-electron chi connectivity index (χ1n) is 7.17. The molecule has 1 atom stereocenters. The maximum Gasteiger partial charge on any atom is 0.231 e. The molecule has 0 aliphatic carbocycles. The van der Waals surface area contributed by atoms with Crippen molar-refractivity contribution in [2.24, 2.45) is 0 Å². The van der Waals surface area contributed by atoms with Gasteiger partial charge in [0.1, 0.15) is 0 Å². The van der Waals surface area contributed by atoms with Gasteiger partial charge in [-0.05, 0) is 37.7 Å². The molecule has 4 nitrogen and oxygen atoms in total. The van der Waals surface area contributed by atoms with Crippen LogP contribution in [-0.4, -0.2) is 37.4 Å². The number of benzene rings is 1. The van der Waals surface area contributed by atoms with Gasteiger partial charge in [0.15, 0.2) is 11.5 Å². The predicted octanol–water partition coefficient (Wildman–Crippen LogP) is 2.89. The molecule has 5 heteroatoms.